The molecule has 0 unspecified atom stereocenters. The van der Waals surface area contributed by atoms with Gasteiger partial charge >= 0.3 is 0 Å². The molecule has 1 heterocycles. The second-order valence-electron chi connectivity index (χ2n) is 3.56. The lowest BCUT2D eigenvalue weighted by Crippen LogP contribution is -2.00. The molecule has 0 radical (unpaired) electrons. The van der Waals surface area contributed by atoms with Gasteiger partial charge in [-0.2, -0.15) is 0 Å². The number of halogens is 1. The van der Waals surface area contributed by atoms with Gasteiger partial charge in [0.2, 0.25) is 5.88 Å². The van der Waals surface area contributed by atoms with E-state index >= 15 is 0 Å². The Balaban J connectivity index is 2.30. The van der Waals surface area contributed by atoms with Gasteiger partial charge < -0.3 is 15.2 Å². The largest absolute Gasteiger partial charge is 0.481 e. The van der Waals surface area contributed by atoms with Crippen LogP contribution in [0.2, 0.25) is 5.02 Å². The van der Waals surface area contributed by atoms with Crippen LogP contribution in [-0.2, 0) is 6.54 Å². The second kappa shape index (κ2) is 5.71. The van der Waals surface area contributed by atoms with Crippen molar-refractivity contribution in [3.8, 4) is 17.4 Å². The van der Waals surface area contributed by atoms with E-state index in [2.05, 4.69) is 4.98 Å². The Morgan fingerprint density at radius 3 is 2.89 bits per heavy atom. The number of methoxy groups -OCH3 is 1. The summed E-state index contributed by atoms with van der Waals surface area (Å²) >= 11 is 6.06. The third-order valence-corrected chi connectivity index (χ3v) is 2.78. The fourth-order valence-corrected chi connectivity index (χ4v) is 1.77. The number of nitrogens with zero attached hydrogens (tertiary/aromatic N) is 1. The van der Waals surface area contributed by atoms with Crippen LogP contribution >= 0.6 is 11.6 Å². The summed E-state index contributed by atoms with van der Waals surface area (Å²) in [6.45, 7) is 0.317. The van der Waals surface area contributed by atoms with Gasteiger partial charge in [-0.05, 0) is 18.2 Å². The number of ether oxygens (including phenoxy) is 2. The molecule has 0 amide bonds. The van der Waals surface area contributed by atoms with Crippen molar-refractivity contribution < 1.29 is 9.47 Å². The van der Waals surface area contributed by atoms with Crippen molar-refractivity contribution in [1.29, 1.82) is 0 Å². The zero-order valence-corrected chi connectivity index (χ0v) is 10.6. The number of aromatic nitrogens is 1. The van der Waals surface area contributed by atoms with Gasteiger partial charge in [-0.15, -0.1) is 0 Å². The van der Waals surface area contributed by atoms with Crippen molar-refractivity contribution in [2.45, 2.75) is 6.54 Å². The lowest BCUT2D eigenvalue weighted by atomic mass is 10.2. The van der Waals surface area contributed by atoms with Gasteiger partial charge in [-0.1, -0.05) is 17.7 Å². The highest BCUT2D eigenvalue weighted by molar-refractivity contribution is 6.31. The molecular formula is C13H13ClN2O2. The number of hydrogen-bond acceptors (Lipinski definition) is 4. The fraction of sp³-hybridized carbons (Fsp3) is 0.154. The fourth-order valence-electron chi connectivity index (χ4n) is 1.53. The quantitative estimate of drug-likeness (QED) is 0.922. The molecule has 0 saturated heterocycles. The summed E-state index contributed by atoms with van der Waals surface area (Å²) < 4.78 is 10.8. The molecule has 0 bridgehead atoms. The van der Waals surface area contributed by atoms with Crippen LogP contribution < -0.4 is 15.2 Å². The Bertz CT molecular complexity index is 546. The van der Waals surface area contributed by atoms with Crippen LogP contribution in [0.5, 0.6) is 17.4 Å². The number of pyridine rings is 1. The first-order chi connectivity index (χ1) is 8.74. The molecule has 0 aliphatic rings. The number of nitrogens with two attached hydrogens (primary N) is 1. The van der Waals surface area contributed by atoms with Gasteiger partial charge in [0, 0.05) is 29.4 Å². The molecule has 18 heavy (non-hydrogen) atoms. The molecule has 2 N–H and O–H groups in total. The van der Waals surface area contributed by atoms with Gasteiger partial charge in [0.25, 0.3) is 0 Å². The minimum absolute atomic E-state index is 0.317. The Kier molecular flexibility index (Phi) is 4.02. The van der Waals surface area contributed by atoms with Crippen LogP contribution in [0, 0.1) is 0 Å². The molecule has 0 aliphatic carbocycles. The molecule has 0 saturated carbocycles. The highest BCUT2D eigenvalue weighted by Gasteiger charge is 2.08. The third kappa shape index (κ3) is 2.72. The summed E-state index contributed by atoms with van der Waals surface area (Å²) in [5, 5.41) is 0.594. The molecule has 2 rings (SSSR count). The lowest BCUT2D eigenvalue weighted by molar-refractivity contribution is 0.392. The lowest BCUT2D eigenvalue weighted by Gasteiger charge is -2.11. The summed E-state index contributed by atoms with van der Waals surface area (Å²) in [7, 11) is 1.55. The molecule has 0 spiro atoms. The molecule has 1 aromatic carbocycles. The van der Waals surface area contributed by atoms with Gasteiger partial charge in [-0.25, -0.2) is 4.98 Å². The van der Waals surface area contributed by atoms with Gasteiger partial charge in [0.05, 0.1) is 7.11 Å². The third-order valence-electron chi connectivity index (χ3n) is 2.42. The molecular weight excluding hydrogens is 252 g/mol. The molecule has 94 valence electrons. The van der Waals surface area contributed by atoms with E-state index in [4.69, 9.17) is 26.8 Å². The summed E-state index contributed by atoms with van der Waals surface area (Å²) in [5.41, 5.74) is 6.43. The van der Waals surface area contributed by atoms with Gasteiger partial charge in [0.1, 0.15) is 11.5 Å². The van der Waals surface area contributed by atoms with E-state index in [1.54, 1.807) is 31.5 Å². The van der Waals surface area contributed by atoms with Crippen molar-refractivity contribution in [3.63, 3.8) is 0 Å². The molecule has 5 heteroatoms. The average Bonchev–Trinajstić information content (AvgIpc) is 2.39. The Labute approximate surface area is 110 Å². The monoisotopic (exact) mass is 264 g/mol. The highest BCUT2D eigenvalue weighted by Crippen LogP contribution is 2.30. The summed E-state index contributed by atoms with van der Waals surface area (Å²) in [5.74, 6) is 1.75. The first-order valence-electron chi connectivity index (χ1n) is 5.40. The summed E-state index contributed by atoms with van der Waals surface area (Å²) in [6, 6.07) is 8.85. The topological polar surface area (TPSA) is 57.4 Å². The van der Waals surface area contributed by atoms with Crippen molar-refractivity contribution in [2.75, 3.05) is 7.11 Å². The van der Waals surface area contributed by atoms with Crippen molar-refractivity contribution in [2.24, 2.45) is 5.73 Å². The number of rotatable bonds is 4. The summed E-state index contributed by atoms with van der Waals surface area (Å²) in [4.78, 5) is 4.01. The Morgan fingerprint density at radius 2 is 2.17 bits per heavy atom. The standard InChI is InChI=1S/C13H13ClN2O2/c1-17-13-7-9(5-6-16-13)18-12-4-2-3-11(14)10(12)8-15/h2-7H,8,15H2,1H3. The molecule has 2 aromatic rings. The van der Waals surface area contributed by atoms with Crippen LogP contribution in [0.4, 0.5) is 0 Å². The molecule has 0 atom stereocenters. The Morgan fingerprint density at radius 1 is 1.33 bits per heavy atom. The minimum atomic E-state index is 0.317. The average molecular weight is 265 g/mol. The maximum absolute atomic E-state index is 6.06. The molecule has 1 aromatic heterocycles. The van der Waals surface area contributed by atoms with Crippen LogP contribution in [0.1, 0.15) is 5.56 Å². The maximum atomic E-state index is 6.06. The zero-order valence-electron chi connectivity index (χ0n) is 9.89. The normalized spacial score (nSPS) is 10.2. The van der Waals surface area contributed by atoms with Crippen molar-refractivity contribution >= 4 is 11.6 Å². The Hall–Kier alpha value is -1.78. The maximum Gasteiger partial charge on any atom is 0.216 e. The van der Waals surface area contributed by atoms with Crippen LogP contribution in [-0.4, -0.2) is 12.1 Å². The molecule has 0 aliphatic heterocycles. The SMILES string of the molecule is COc1cc(Oc2cccc(Cl)c2CN)ccn1. The second-order valence-corrected chi connectivity index (χ2v) is 3.96. The van der Waals surface area contributed by atoms with Gasteiger partial charge in [0.15, 0.2) is 0 Å². The van der Waals surface area contributed by atoms with E-state index in [0.29, 0.717) is 28.9 Å². The minimum Gasteiger partial charge on any atom is -0.481 e. The zero-order chi connectivity index (χ0) is 13.0. The number of hydrogen-bond donors (Lipinski definition) is 1. The van der Waals surface area contributed by atoms with E-state index in [9.17, 15) is 0 Å². The van der Waals surface area contributed by atoms with E-state index in [1.807, 2.05) is 12.1 Å². The van der Waals surface area contributed by atoms with Crippen molar-refractivity contribution in [3.05, 3.63) is 47.1 Å². The van der Waals surface area contributed by atoms with Crippen LogP contribution in [0.25, 0.3) is 0 Å². The van der Waals surface area contributed by atoms with Crippen LogP contribution in [0.3, 0.4) is 0 Å². The van der Waals surface area contributed by atoms with Crippen LogP contribution in [0.15, 0.2) is 36.5 Å². The van der Waals surface area contributed by atoms with E-state index in [1.165, 1.54) is 0 Å². The highest BCUT2D eigenvalue weighted by atomic mass is 35.5. The predicted octanol–water partition coefficient (Wildman–Crippen LogP) is 2.99. The molecule has 4 nitrogen and oxygen atoms in total. The first-order valence-corrected chi connectivity index (χ1v) is 5.77. The van der Waals surface area contributed by atoms with E-state index in [0.717, 1.165) is 5.56 Å². The van der Waals surface area contributed by atoms with E-state index < -0.39 is 0 Å². The summed E-state index contributed by atoms with van der Waals surface area (Å²) in [6.07, 6.45) is 1.61. The molecule has 0 fully saturated rings. The van der Waals surface area contributed by atoms with E-state index in [-0.39, 0.29) is 0 Å². The number of benzene rings is 1. The van der Waals surface area contributed by atoms with Crippen molar-refractivity contribution in [1.82, 2.24) is 4.98 Å². The predicted molar refractivity (Wildman–Crippen MR) is 70.2 cm³/mol. The first kappa shape index (κ1) is 12.7. The van der Waals surface area contributed by atoms with Gasteiger partial charge in [-0.3, -0.25) is 0 Å². The smallest absolute Gasteiger partial charge is 0.216 e.